The lowest BCUT2D eigenvalue weighted by molar-refractivity contribution is -0.300. The Kier molecular flexibility index (Phi) is 9.00. The molecule has 1 aliphatic heterocycles. The molecule has 1 aliphatic carbocycles. The first-order chi connectivity index (χ1) is 13.4. The lowest BCUT2D eigenvalue weighted by Gasteiger charge is -2.39. The van der Waals surface area contributed by atoms with Gasteiger partial charge in [-0.1, -0.05) is 12.2 Å². The van der Waals surface area contributed by atoms with E-state index in [1.54, 1.807) is 0 Å². The summed E-state index contributed by atoms with van der Waals surface area (Å²) in [6.07, 6.45) is -0.278. The summed E-state index contributed by atoms with van der Waals surface area (Å²) in [6, 6.07) is 0. The molecule has 0 radical (unpaired) electrons. The van der Waals surface area contributed by atoms with Crippen LogP contribution in [-0.2, 0) is 23.8 Å². The van der Waals surface area contributed by atoms with E-state index in [0.717, 1.165) is 0 Å². The Morgan fingerprint density at radius 2 is 1.96 bits per heavy atom. The van der Waals surface area contributed by atoms with Crippen molar-refractivity contribution in [2.45, 2.75) is 62.8 Å². The number of aliphatic hydroxyl groups is 4. The zero-order chi connectivity index (χ0) is 20.7. The molecule has 0 aromatic heterocycles. The predicted octanol–water partition coefficient (Wildman–Crippen LogP) is -0.702. The fraction of sp³-hybridized carbons (Fsp3) is 0.789. The van der Waals surface area contributed by atoms with E-state index >= 15 is 0 Å². The molecule has 7 unspecified atom stereocenters. The van der Waals surface area contributed by atoms with Gasteiger partial charge in [0, 0.05) is 18.8 Å². The Labute approximate surface area is 163 Å². The minimum absolute atomic E-state index is 0.00923. The quantitative estimate of drug-likeness (QED) is 0.224. The van der Waals surface area contributed by atoms with Crippen LogP contribution in [0.15, 0.2) is 12.2 Å². The molecule has 1 heterocycles. The van der Waals surface area contributed by atoms with Crippen LogP contribution in [0.4, 0.5) is 0 Å². The minimum atomic E-state index is -1.47. The molecule has 160 valence electrons. The van der Waals surface area contributed by atoms with Gasteiger partial charge in [-0.15, -0.1) is 0 Å². The molecule has 1 saturated heterocycles. The van der Waals surface area contributed by atoms with Crippen molar-refractivity contribution in [3.63, 3.8) is 0 Å². The molecule has 2 rings (SSSR count). The maximum absolute atomic E-state index is 12.0. The highest BCUT2D eigenvalue weighted by atomic mass is 16.7. The van der Waals surface area contributed by atoms with E-state index in [1.165, 1.54) is 7.11 Å². The van der Waals surface area contributed by atoms with Gasteiger partial charge in [0.15, 0.2) is 6.29 Å². The molecule has 0 amide bonds. The van der Waals surface area contributed by atoms with Crippen LogP contribution in [-0.4, -0.2) is 83.2 Å². The van der Waals surface area contributed by atoms with Crippen molar-refractivity contribution >= 4 is 11.8 Å². The second-order valence-electron chi connectivity index (χ2n) is 7.22. The van der Waals surface area contributed by atoms with Crippen molar-refractivity contribution in [3.8, 4) is 0 Å². The zero-order valence-corrected chi connectivity index (χ0v) is 16.0. The van der Waals surface area contributed by atoms with Crippen LogP contribution >= 0.6 is 0 Å². The first kappa shape index (κ1) is 22.9. The maximum Gasteiger partial charge on any atom is 0.305 e. The zero-order valence-electron chi connectivity index (χ0n) is 16.0. The molecule has 0 bridgehead atoms. The Balaban J connectivity index is 1.73. The lowest BCUT2D eigenvalue weighted by Crippen LogP contribution is -2.59. The molecule has 9 heteroatoms. The van der Waals surface area contributed by atoms with Crippen LogP contribution in [0.3, 0.4) is 0 Å². The lowest BCUT2D eigenvalue weighted by atomic mass is 9.89. The fourth-order valence-electron chi connectivity index (χ4n) is 3.66. The number of Topliss-reactive ketones (excluding diaryl/α,β-unsaturated/α-hetero) is 1. The van der Waals surface area contributed by atoms with Gasteiger partial charge in [0.1, 0.15) is 30.2 Å². The molecule has 2 aliphatic rings. The third kappa shape index (κ3) is 5.82. The van der Waals surface area contributed by atoms with Crippen LogP contribution in [0.25, 0.3) is 0 Å². The Bertz CT molecular complexity index is 548. The van der Waals surface area contributed by atoms with Crippen LogP contribution < -0.4 is 0 Å². The van der Waals surface area contributed by atoms with Gasteiger partial charge in [-0.25, -0.2) is 0 Å². The highest BCUT2D eigenvalue weighted by molar-refractivity contribution is 5.84. The van der Waals surface area contributed by atoms with Crippen molar-refractivity contribution in [3.05, 3.63) is 12.2 Å². The summed E-state index contributed by atoms with van der Waals surface area (Å²) < 4.78 is 15.3. The summed E-state index contributed by atoms with van der Waals surface area (Å²) in [5, 5.41) is 38.5. The summed E-state index contributed by atoms with van der Waals surface area (Å²) >= 11 is 0. The highest BCUT2D eigenvalue weighted by Crippen LogP contribution is 2.34. The van der Waals surface area contributed by atoms with Crippen LogP contribution in [0.2, 0.25) is 0 Å². The average molecular weight is 402 g/mol. The second-order valence-corrected chi connectivity index (χ2v) is 7.22. The van der Waals surface area contributed by atoms with E-state index in [-0.39, 0.29) is 36.6 Å². The number of allylic oxidation sites excluding steroid dienone is 1. The molecular formula is C19H30O9. The molecule has 28 heavy (non-hydrogen) atoms. The second kappa shape index (κ2) is 11.0. The number of hydrogen-bond donors (Lipinski definition) is 4. The van der Waals surface area contributed by atoms with Crippen molar-refractivity contribution < 1.29 is 44.2 Å². The summed E-state index contributed by atoms with van der Waals surface area (Å²) in [5.74, 6) is -0.311. The smallest absolute Gasteiger partial charge is 0.305 e. The fourth-order valence-corrected chi connectivity index (χ4v) is 3.66. The predicted molar refractivity (Wildman–Crippen MR) is 95.9 cm³/mol. The van der Waals surface area contributed by atoms with E-state index in [2.05, 4.69) is 4.74 Å². The van der Waals surface area contributed by atoms with Gasteiger partial charge in [0.05, 0.1) is 20.3 Å². The molecule has 7 atom stereocenters. The molecule has 0 aromatic carbocycles. The number of aliphatic hydroxyl groups excluding tert-OH is 4. The largest absolute Gasteiger partial charge is 0.469 e. The summed E-state index contributed by atoms with van der Waals surface area (Å²) in [5.41, 5.74) is 0. The van der Waals surface area contributed by atoms with E-state index in [0.29, 0.717) is 25.7 Å². The summed E-state index contributed by atoms with van der Waals surface area (Å²) in [4.78, 5) is 23.5. The number of ketones is 1. The molecule has 4 N–H and O–H groups in total. The first-order valence-electron chi connectivity index (χ1n) is 9.55. The normalized spacial score (nSPS) is 36.2. The van der Waals surface area contributed by atoms with E-state index in [9.17, 15) is 24.9 Å². The monoisotopic (exact) mass is 402 g/mol. The number of carbonyl (C=O) groups is 2. The summed E-state index contributed by atoms with van der Waals surface area (Å²) in [7, 11) is 1.34. The standard InChI is InChI=1S/C19H30O9/c1-26-15(22)9-11-6-7-13(21)12(11)5-3-2-4-8-27-19-18(25)17(24)16(23)14(10-20)28-19/h2-3,11-12,14,16-20,23-25H,4-10H2,1H3. The van der Waals surface area contributed by atoms with E-state index < -0.39 is 37.3 Å². The number of esters is 1. The van der Waals surface area contributed by atoms with Crippen molar-refractivity contribution in [1.82, 2.24) is 0 Å². The van der Waals surface area contributed by atoms with E-state index in [1.807, 2.05) is 12.2 Å². The van der Waals surface area contributed by atoms with Gasteiger partial charge in [-0.2, -0.15) is 0 Å². The molecular weight excluding hydrogens is 372 g/mol. The van der Waals surface area contributed by atoms with Gasteiger partial charge < -0.3 is 34.6 Å². The van der Waals surface area contributed by atoms with Crippen LogP contribution in [0.1, 0.15) is 32.1 Å². The number of hydrogen-bond acceptors (Lipinski definition) is 9. The number of rotatable bonds is 9. The molecule has 0 spiro atoms. The molecule has 0 aromatic rings. The average Bonchev–Trinajstić information content (AvgIpc) is 3.03. The van der Waals surface area contributed by atoms with Gasteiger partial charge in [-0.3, -0.25) is 9.59 Å². The van der Waals surface area contributed by atoms with Crippen LogP contribution in [0, 0.1) is 11.8 Å². The first-order valence-corrected chi connectivity index (χ1v) is 9.55. The van der Waals surface area contributed by atoms with E-state index in [4.69, 9.17) is 14.6 Å². The van der Waals surface area contributed by atoms with Crippen molar-refractivity contribution in [2.75, 3.05) is 20.3 Å². The summed E-state index contributed by atoms with van der Waals surface area (Å²) in [6.45, 7) is -0.323. The number of carbonyl (C=O) groups excluding carboxylic acids is 2. The topological polar surface area (TPSA) is 143 Å². The van der Waals surface area contributed by atoms with Gasteiger partial charge in [0.25, 0.3) is 0 Å². The third-order valence-electron chi connectivity index (χ3n) is 5.37. The molecule has 9 nitrogen and oxygen atoms in total. The third-order valence-corrected chi connectivity index (χ3v) is 5.37. The maximum atomic E-state index is 12.0. The van der Waals surface area contributed by atoms with Crippen molar-refractivity contribution in [1.29, 1.82) is 0 Å². The van der Waals surface area contributed by atoms with Crippen LogP contribution in [0.5, 0.6) is 0 Å². The Morgan fingerprint density at radius 3 is 2.64 bits per heavy atom. The van der Waals surface area contributed by atoms with Gasteiger partial charge in [-0.05, 0) is 25.2 Å². The SMILES string of the molecule is COC(=O)CC1CCC(=O)C1CC=CCCOC1OC(CO)C(O)C(O)C1O. The molecule has 1 saturated carbocycles. The number of methoxy groups -OCH3 is 1. The highest BCUT2D eigenvalue weighted by Gasteiger charge is 2.43. The van der Waals surface area contributed by atoms with Gasteiger partial charge in [0.2, 0.25) is 0 Å². The number of ether oxygens (including phenoxy) is 3. The van der Waals surface area contributed by atoms with Crippen molar-refractivity contribution in [2.24, 2.45) is 11.8 Å². The van der Waals surface area contributed by atoms with Gasteiger partial charge >= 0.3 is 5.97 Å². The Morgan fingerprint density at radius 1 is 1.21 bits per heavy atom. The molecule has 2 fully saturated rings. The Hall–Kier alpha value is -1.36. The minimum Gasteiger partial charge on any atom is -0.469 e.